The summed E-state index contributed by atoms with van der Waals surface area (Å²) < 4.78 is 0. The summed E-state index contributed by atoms with van der Waals surface area (Å²) in [4.78, 5) is 42.1. The molecule has 3 aromatic carbocycles. The molecule has 3 aliphatic rings. The van der Waals surface area contributed by atoms with E-state index in [1.807, 2.05) is 58.3 Å². The van der Waals surface area contributed by atoms with Crippen molar-refractivity contribution in [2.24, 2.45) is 5.92 Å². The number of benzene rings is 3. The summed E-state index contributed by atoms with van der Waals surface area (Å²) in [5, 5.41) is 12.4. The maximum Gasteiger partial charge on any atom is 0.272 e. The molecule has 1 saturated carbocycles. The Bertz CT molecular complexity index is 1650. The predicted octanol–water partition coefficient (Wildman–Crippen LogP) is 3.85. The van der Waals surface area contributed by atoms with Crippen molar-refractivity contribution in [1.82, 2.24) is 20.0 Å². The van der Waals surface area contributed by atoms with Crippen LogP contribution in [0, 0.1) is 5.92 Å². The molecule has 2 aliphatic heterocycles. The first-order chi connectivity index (χ1) is 19.6. The van der Waals surface area contributed by atoms with Crippen LogP contribution in [0.1, 0.15) is 47.2 Å². The number of hydrogen-bond donors (Lipinski definition) is 2. The molecule has 8 nitrogen and oxygen atoms in total. The molecular weight excluding hydrogens is 502 g/mol. The number of aromatic nitrogens is 2. The monoisotopic (exact) mass is 533 g/mol. The van der Waals surface area contributed by atoms with Gasteiger partial charge in [0, 0.05) is 43.2 Å². The molecule has 2 fully saturated rings. The number of nitrogens with zero attached hydrogens (tertiary/aromatic N) is 3. The number of nitrogens with one attached hydrogen (secondary N) is 2. The predicted molar refractivity (Wildman–Crippen MR) is 153 cm³/mol. The van der Waals surface area contributed by atoms with Gasteiger partial charge in [0.25, 0.3) is 5.56 Å². The SMILES string of the molecule is O=C(Cc1cccc(C2c3n[nH]c(=O)c4cccc(c34)NC2c2ccccc2)c1)N1CCN(C(=O)C2CC2)CC1. The highest BCUT2D eigenvalue weighted by atomic mass is 16.2. The lowest BCUT2D eigenvalue weighted by molar-refractivity contribution is -0.140. The summed E-state index contributed by atoms with van der Waals surface area (Å²) >= 11 is 0. The number of carbonyl (C=O) groups is 2. The molecule has 0 spiro atoms. The van der Waals surface area contributed by atoms with E-state index in [4.69, 9.17) is 0 Å². The van der Waals surface area contributed by atoms with Crippen LogP contribution in [-0.4, -0.2) is 58.0 Å². The first-order valence-corrected chi connectivity index (χ1v) is 14.0. The number of carbonyl (C=O) groups excluding carboxylic acids is 2. The Morgan fingerprint density at radius 3 is 2.35 bits per heavy atom. The lowest BCUT2D eigenvalue weighted by atomic mass is 9.79. The Morgan fingerprint density at radius 1 is 0.850 bits per heavy atom. The minimum absolute atomic E-state index is 0.0759. The van der Waals surface area contributed by atoms with Crippen molar-refractivity contribution < 1.29 is 9.59 Å². The van der Waals surface area contributed by atoms with E-state index in [9.17, 15) is 14.4 Å². The van der Waals surface area contributed by atoms with Gasteiger partial charge in [0.05, 0.1) is 29.5 Å². The molecule has 1 aliphatic carbocycles. The van der Waals surface area contributed by atoms with Gasteiger partial charge in [-0.2, -0.15) is 5.10 Å². The number of piperazine rings is 1. The van der Waals surface area contributed by atoms with E-state index >= 15 is 0 Å². The Kier molecular flexibility index (Phi) is 6.10. The summed E-state index contributed by atoms with van der Waals surface area (Å²) in [6, 6.07) is 24.0. The summed E-state index contributed by atoms with van der Waals surface area (Å²) in [6.45, 7) is 2.38. The zero-order chi connectivity index (χ0) is 27.2. The van der Waals surface area contributed by atoms with Crippen LogP contribution in [0.5, 0.6) is 0 Å². The van der Waals surface area contributed by atoms with Crippen molar-refractivity contribution in [2.75, 3.05) is 31.5 Å². The second-order valence-corrected chi connectivity index (χ2v) is 11.1. The third-order valence-electron chi connectivity index (χ3n) is 8.48. The smallest absolute Gasteiger partial charge is 0.272 e. The molecule has 2 atom stereocenters. The van der Waals surface area contributed by atoms with E-state index in [1.54, 1.807) is 0 Å². The summed E-state index contributed by atoms with van der Waals surface area (Å²) in [5.74, 6) is 0.361. The number of amides is 2. The number of H-pyrrole nitrogens is 1. The molecule has 3 heterocycles. The highest BCUT2D eigenvalue weighted by molar-refractivity contribution is 5.97. The second kappa shape index (κ2) is 9.93. The van der Waals surface area contributed by atoms with E-state index in [1.165, 1.54) is 0 Å². The fourth-order valence-corrected chi connectivity index (χ4v) is 6.23. The molecule has 202 valence electrons. The van der Waals surface area contributed by atoms with Crippen molar-refractivity contribution in [3.05, 3.63) is 106 Å². The van der Waals surface area contributed by atoms with E-state index < -0.39 is 0 Å². The van der Waals surface area contributed by atoms with Crippen LogP contribution in [0.15, 0.2) is 77.6 Å². The highest BCUT2D eigenvalue weighted by Crippen LogP contribution is 2.46. The first-order valence-electron chi connectivity index (χ1n) is 14.0. The van der Waals surface area contributed by atoms with Crippen LogP contribution in [0.2, 0.25) is 0 Å². The normalized spacial score (nSPS) is 20.3. The van der Waals surface area contributed by atoms with Gasteiger partial charge in [-0.15, -0.1) is 0 Å². The molecule has 2 N–H and O–H groups in total. The molecule has 40 heavy (non-hydrogen) atoms. The molecule has 8 heteroatoms. The van der Waals surface area contributed by atoms with Gasteiger partial charge in [-0.05, 0) is 41.7 Å². The number of aromatic amines is 1. The van der Waals surface area contributed by atoms with Crippen molar-refractivity contribution in [2.45, 2.75) is 31.2 Å². The largest absolute Gasteiger partial charge is 0.377 e. The molecular formula is C32H31N5O3. The topological polar surface area (TPSA) is 98.4 Å². The van der Waals surface area contributed by atoms with Crippen LogP contribution in [0.4, 0.5) is 5.69 Å². The van der Waals surface area contributed by atoms with E-state index in [0.717, 1.165) is 46.3 Å². The fraction of sp³-hybridized carbons (Fsp3) is 0.312. The lowest BCUT2D eigenvalue weighted by Gasteiger charge is -2.35. The van der Waals surface area contributed by atoms with Gasteiger partial charge in [0.2, 0.25) is 11.8 Å². The summed E-state index contributed by atoms with van der Waals surface area (Å²) in [7, 11) is 0. The van der Waals surface area contributed by atoms with E-state index in [0.29, 0.717) is 38.0 Å². The maximum atomic E-state index is 13.3. The van der Waals surface area contributed by atoms with Crippen LogP contribution in [0.25, 0.3) is 10.8 Å². The molecule has 0 bridgehead atoms. The third kappa shape index (κ3) is 4.43. The number of anilines is 1. The van der Waals surface area contributed by atoms with Gasteiger partial charge < -0.3 is 15.1 Å². The minimum atomic E-state index is -0.211. The van der Waals surface area contributed by atoms with Crippen LogP contribution in [0.3, 0.4) is 0 Å². The van der Waals surface area contributed by atoms with E-state index in [-0.39, 0.29) is 35.3 Å². The maximum absolute atomic E-state index is 13.3. The van der Waals surface area contributed by atoms with Crippen molar-refractivity contribution in [3.8, 4) is 0 Å². The Balaban J connectivity index is 1.18. The van der Waals surface area contributed by atoms with Gasteiger partial charge in [0.1, 0.15) is 0 Å². The van der Waals surface area contributed by atoms with Crippen LogP contribution in [-0.2, 0) is 16.0 Å². The van der Waals surface area contributed by atoms with Crippen LogP contribution < -0.4 is 10.9 Å². The molecule has 2 amide bonds. The van der Waals surface area contributed by atoms with E-state index in [2.05, 4.69) is 39.8 Å². The molecule has 7 rings (SSSR count). The van der Waals surface area contributed by atoms with Crippen molar-refractivity contribution >= 4 is 28.3 Å². The standard InChI is InChI=1S/C32H31N5O3/c38-26(36-14-16-37(17-15-36)32(40)22-12-13-22)19-20-6-4-9-23(18-20)27-29(21-7-2-1-3-8-21)33-25-11-5-10-24-28(25)30(27)34-35-31(24)39/h1-11,18,22,27,29,33H,12-17,19H2,(H,35,39). The second-order valence-electron chi connectivity index (χ2n) is 11.1. The van der Waals surface area contributed by atoms with Crippen molar-refractivity contribution in [1.29, 1.82) is 0 Å². The summed E-state index contributed by atoms with van der Waals surface area (Å²) in [6.07, 6.45) is 2.30. The Morgan fingerprint density at radius 2 is 1.57 bits per heavy atom. The molecule has 1 aromatic heterocycles. The fourth-order valence-electron chi connectivity index (χ4n) is 6.23. The van der Waals surface area contributed by atoms with Gasteiger partial charge in [0.15, 0.2) is 0 Å². The Hall–Kier alpha value is -4.46. The van der Waals surface area contributed by atoms with Gasteiger partial charge in [-0.25, -0.2) is 5.10 Å². The highest BCUT2D eigenvalue weighted by Gasteiger charge is 2.36. The number of rotatable bonds is 5. The lowest BCUT2D eigenvalue weighted by Crippen LogP contribution is -2.51. The number of hydrogen-bond acceptors (Lipinski definition) is 5. The quantitative estimate of drug-likeness (QED) is 0.406. The first kappa shape index (κ1) is 24.6. The van der Waals surface area contributed by atoms with Gasteiger partial charge in [-0.1, -0.05) is 60.7 Å². The third-order valence-corrected chi connectivity index (χ3v) is 8.48. The minimum Gasteiger partial charge on any atom is -0.377 e. The van der Waals surface area contributed by atoms with Crippen LogP contribution >= 0.6 is 0 Å². The van der Waals surface area contributed by atoms with Gasteiger partial charge in [-0.3, -0.25) is 14.4 Å². The van der Waals surface area contributed by atoms with Crippen molar-refractivity contribution in [3.63, 3.8) is 0 Å². The summed E-state index contributed by atoms with van der Waals surface area (Å²) in [5.41, 5.74) is 4.58. The molecule has 4 aromatic rings. The molecule has 1 saturated heterocycles. The molecule has 2 unspecified atom stereocenters. The average Bonchev–Trinajstić information content (AvgIpc) is 3.85. The zero-order valence-corrected chi connectivity index (χ0v) is 22.2. The molecule has 0 radical (unpaired) electrons. The average molecular weight is 534 g/mol. The zero-order valence-electron chi connectivity index (χ0n) is 22.2. The Labute approximate surface area is 232 Å². The van der Waals surface area contributed by atoms with Gasteiger partial charge >= 0.3 is 0 Å².